The van der Waals surface area contributed by atoms with E-state index in [9.17, 15) is 4.79 Å². The van der Waals surface area contributed by atoms with E-state index in [2.05, 4.69) is 10.5 Å². The van der Waals surface area contributed by atoms with Crippen molar-refractivity contribution >= 4 is 12.1 Å². The van der Waals surface area contributed by atoms with Crippen molar-refractivity contribution in [3.05, 3.63) is 59.7 Å². The highest BCUT2D eigenvalue weighted by Crippen LogP contribution is 2.28. The van der Waals surface area contributed by atoms with Crippen LogP contribution >= 0.6 is 0 Å². The molecule has 0 radical (unpaired) electrons. The van der Waals surface area contributed by atoms with Gasteiger partial charge in [0.1, 0.15) is 0 Å². The Morgan fingerprint density at radius 3 is 2.46 bits per heavy atom. The van der Waals surface area contributed by atoms with Crippen LogP contribution in [-0.2, 0) is 11.3 Å². The molecule has 150 valence electrons. The zero-order valence-electron chi connectivity index (χ0n) is 16.9. The molecule has 1 amide bonds. The zero-order valence-corrected chi connectivity index (χ0v) is 16.9. The minimum absolute atomic E-state index is 0.00613. The summed E-state index contributed by atoms with van der Waals surface area (Å²) in [5.74, 6) is 1.11. The van der Waals surface area contributed by atoms with Crippen LogP contribution in [0.25, 0.3) is 0 Å². The van der Waals surface area contributed by atoms with Gasteiger partial charge < -0.3 is 19.8 Å². The molecular formula is C22H29N3O3. The Labute approximate surface area is 167 Å². The second-order valence-corrected chi connectivity index (χ2v) is 6.07. The molecular weight excluding hydrogens is 354 g/mol. The molecule has 6 heteroatoms. The van der Waals surface area contributed by atoms with E-state index in [-0.39, 0.29) is 12.5 Å². The van der Waals surface area contributed by atoms with Gasteiger partial charge in [-0.15, -0.1) is 0 Å². The fourth-order valence-corrected chi connectivity index (χ4v) is 2.65. The van der Waals surface area contributed by atoms with Gasteiger partial charge in [-0.05, 0) is 50.1 Å². The van der Waals surface area contributed by atoms with E-state index < -0.39 is 0 Å². The molecule has 1 N–H and O–H groups in total. The molecule has 0 saturated heterocycles. The van der Waals surface area contributed by atoms with Crippen molar-refractivity contribution in [3.63, 3.8) is 0 Å². The summed E-state index contributed by atoms with van der Waals surface area (Å²) in [6, 6.07) is 15.6. The van der Waals surface area contributed by atoms with Gasteiger partial charge in [-0.25, -0.2) is 0 Å². The summed E-state index contributed by atoms with van der Waals surface area (Å²) in [4.78, 5) is 13.9. The average molecular weight is 383 g/mol. The lowest BCUT2D eigenvalue weighted by Gasteiger charge is -2.19. The molecule has 0 saturated carbocycles. The number of hydrogen-bond acceptors (Lipinski definition) is 5. The quantitative estimate of drug-likeness (QED) is 0.477. The maximum atomic E-state index is 12.1. The van der Waals surface area contributed by atoms with Crippen LogP contribution in [0.5, 0.6) is 11.5 Å². The van der Waals surface area contributed by atoms with E-state index in [0.29, 0.717) is 37.7 Å². The van der Waals surface area contributed by atoms with E-state index in [1.165, 1.54) is 0 Å². The van der Waals surface area contributed by atoms with Crippen molar-refractivity contribution in [1.82, 2.24) is 10.3 Å². The molecule has 0 bridgehead atoms. The lowest BCUT2D eigenvalue weighted by atomic mass is 10.2. The number of nitrogens with zero attached hydrogens (tertiary/aromatic N) is 2. The highest BCUT2D eigenvalue weighted by molar-refractivity contribution is 5.81. The number of likely N-dealkylation sites (N-methyl/N-ethyl adjacent to an activating group) is 1. The van der Waals surface area contributed by atoms with E-state index in [1.54, 1.807) is 17.2 Å². The first-order chi connectivity index (χ1) is 13.7. The topological polar surface area (TPSA) is 63.2 Å². The minimum Gasteiger partial charge on any atom is -0.490 e. The number of benzene rings is 2. The fraction of sp³-hybridized carbons (Fsp3) is 0.364. The summed E-state index contributed by atoms with van der Waals surface area (Å²) in [6.45, 7) is 8.31. The molecule has 0 atom stereocenters. The van der Waals surface area contributed by atoms with E-state index in [0.717, 1.165) is 11.1 Å². The SMILES string of the molecule is CCOc1cc(C=NNCc2ccccc2)ccc1OCC(=O)N(CC)CC. The van der Waals surface area contributed by atoms with Gasteiger partial charge in [0.15, 0.2) is 18.1 Å². The maximum Gasteiger partial charge on any atom is 0.260 e. The third kappa shape index (κ3) is 6.61. The van der Waals surface area contributed by atoms with Gasteiger partial charge in [0.2, 0.25) is 0 Å². The van der Waals surface area contributed by atoms with Gasteiger partial charge >= 0.3 is 0 Å². The summed E-state index contributed by atoms with van der Waals surface area (Å²) in [6.07, 6.45) is 1.73. The molecule has 0 unspecified atom stereocenters. The zero-order chi connectivity index (χ0) is 20.2. The van der Waals surface area contributed by atoms with Crippen LogP contribution in [0.4, 0.5) is 0 Å². The first-order valence-electron chi connectivity index (χ1n) is 9.65. The monoisotopic (exact) mass is 383 g/mol. The number of carbonyl (C=O) groups excluding carboxylic acids is 1. The molecule has 28 heavy (non-hydrogen) atoms. The molecule has 0 fully saturated rings. The molecule has 0 aliphatic rings. The molecule has 0 heterocycles. The Kier molecular flexibility index (Phi) is 8.85. The first kappa shape index (κ1) is 21.3. The van der Waals surface area contributed by atoms with Gasteiger partial charge in [-0.1, -0.05) is 30.3 Å². The number of carbonyl (C=O) groups is 1. The highest BCUT2D eigenvalue weighted by Gasteiger charge is 2.12. The van der Waals surface area contributed by atoms with E-state index in [1.807, 2.05) is 63.2 Å². The van der Waals surface area contributed by atoms with Gasteiger partial charge in [0.25, 0.3) is 5.91 Å². The number of ether oxygens (including phenoxy) is 2. The number of rotatable bonds is 11. The Morgan fingerprint density at radius 2 is 1.79 bits per heavy atom. The van der Waals surface area contributed by atoms with Crippen molar-refractivity contribution < 1.29 is 14.3 Å². The number of hydrogen-bond donors (Lipinski definition) is 1. The van der Waals surface area contributed by atoms with Crippen molar-refractivity contribution in [2.75, 3.05) is 26.3 Å². The van der Waals surface area contributed by atoms with Crippen molar-refractivity contribution in [3.8, 4) is 11.5 Å². The largest absolute Gasteiger partial charge is 0.490 e. The summed E-state index contributed by atoms with van der Waals surface area (Å²) < 4.78 is 11.4. The summed E-state index contributed by atoms with van der Waals surface area (Å²) in [5, 5.41) is 4.26. The third-order valence-electron chi connectivity index (χ3n) is 4.17. The Hall–Kier alpha value is -3.02. The smallest absolute Gasteiger partial charge is 0.260 e. The van der Waals surface area contributed by atoms with Crippen LogP contribution in [0.3, 0.4) is 0 Å². The van der Waals surface area contributed by atoms with Crippen LogP contribution in [0.1, 0.15) is 31.9 Å². The standard InChI is InChI=1S/C22H29N3O3/c1-4-25(5-2)22(26)17-28-20-13-12-19(14-21(20)27-6-3)16-24-23-15-18-10-8-7-9-11-18/h7-14,16,23H,4-6,15,17H2,1-3H3. The predicted molar refractivity (Wildman–Crippen MR) is 112 cm³/mol. The molecule has 2 aromatic carbocycles. The van der Waals surface area contributed by atoms with Crippen LogP contribution in [0, 0.1) is 0 Å². The molecule has 0 aliphatic carbocycles. The highest BCUT2D eigenvalue weighted by atomic mass is 16.5. The second kappa shape index (κ2) is 11.6. The molecule has 0 aliphatic heterocycles. The molecule has 2 aromatic rings. The normalized spacial score (nSPS) is 10.7. The van der Waals surface area contributed by atoms with Crippen LogP contribution in [0.15, 0.2) is 53.6 Å². The third-order valence-corrected chi connectivity index (χ3v) is 4.17. The van der Waals surface area contributed by atoms with Gasteiger partial charge in [0.05, 0.1) is 19.4 Å². The molecule has 0 aromatic heterocycles. The minimum atomic E-state index is -0.0387. The summed E-state index contributed by atoms with van der Waals surface area (Å²) >= 11 is 0. The predicted octanol–water partition coefficient (Wildman–Crippen LogP) is 3.46. The van der Waals surface area contributed by atoms with Crippen molar-refractivity contribution in [2.24, 2.45) is 5.10 Å². The number of amides is 1. The van der Waals surface area contributed by atoms with E-state index in [4.69, 9.17) is 9.47 Å². The Balaban J connectivity index is 1.97. The maximum absolute atomic E-state index is 12.1. The molecule has 2 rings (SSSR count). The summed E-state index contributed by atoms with van der Waals surface area (Å²) in [7, 11) is 0. The van der Waals surface area contributed by atoms with E-state index >= 15 is 0 Å². The van der Waals surface area contributed by atoms with Gasteiger partial charge in [-0.3, -0.25) is 4.79 Å². The first-order valence-corrected chi connectivity index (χ1v) is 9.65. The molecule has 0 spiro atoms. The van der Waals surface area contributed by atoms with Gasteiger partial charge in [0, 0.05) is 13.1 Å². The average Bonchev–Trinajstić information content (AvgIpc) is 2.72. The summed E-state index contributed by atoms with van der Waals surface area (Å²) in [5.41, 5.74) is 5.07. The number of hydrazone groups is 1. The Bertz CT molecular complexity index is 759. The number of nitrogens with one attached hydrogen (secondary N) is 1. The van der Waals surface area contributed by atoms with Crippen LogP contribution in [0.2, 0.25) is 0 Å². The van der Waals surface area contributed by atoms with Crippen molar-refractivity contribution in [2.45, 2.75) is 27.3 Å². The fourth-order valence-electron chi connectivity index (χ4n) is 2.65. The Morgan fingerprint density at radius 1 is 1.04 bits per heavy atom. The van der Waals surface area contributed by atoms with Crippen LogP contribution in [-0.4, -0.2) is 43.3 Å². The van der Waals surface area contributed by atoms with Crippen molar-refractivity contribution in [1.29, 1.82) is 0 Å². The second-order valence-electron chi connectivity index (χ2n) is 6.07. The van der Waals surface area contributed by atoms with Gasteiger partial charge in [-0.2, -0.15) is 5.10 Å². The lowest BCUT2D eigenvalue weighted by Crippen LogP contribution is -2.34. The lowest BCUT2D eigenvalue weighted by molar-refractivity contribution is -0.132. The molecule has 6 nitrogen and oxygen atoms in total. The van der Waals surface area contributed by atoms with Crippen LogP contribution < -0.4 is 14.9 Å².